The molecule has 1 unspecified atom stereocenters. The number of nitrogens with zero attached hydrogens (tertiary/aromatic N) is 2. The van der Waals surface area contributed by atoms with Crippen molar-refractivity contribution in [3.8, 4) is 0 Å². The van der Waals surface area contributed by atoms with Crippen LogP contribution in [0.25, 0.3) is 0 Å². The van der Waals surface area contributed by atoms with Gasteiger partial charge >= 0.3 is 0 Å². The Hall–Kier alpha value is -2.80. The third-order valence-corrected chi connectivity index (χ3v) is 4.19. The lowest BCUT2D eigenvalue weighted by Gasteiger charge is -2.24. The molecule has 6 nitrogen and oxygen atoms in total. The fraction of sp³-hybridized carbons (Fsp3) is 0.316. The number of likely N-dealkylation sites (N-methyl/N-ethyl adjacent to an activating group) is 1. The first-order valence-corrected chi connectivity index (χ1v) is 8.29. The summed E-state index contributed by atoms with van der Waals surface area (Å²) in [6, 6.07) is 11.9. The molecule has 0 spiro atoms. The third kappa shape index (κ3) is 4.86. The summed E-state index contributed by atoms with van der Waals surface area (Å²) in [5.74, 6) is -0.269. The fourth-order valence-electron chi connectivity index (χ4n) is 2.67. The maximum absolute atomic E-state index is 13.1. The molecule has 1 N–H and O–H groups in total. The summed E-state index contributed by atoms with van der Waals surface area (Å²) in [6.07, 6.45) is 0. The largest absolute Gasteiger partial charge is 0.314 e. The maximum atomic E-state index is 13.1. The number of nitro benzene ring substituents is 1. The van der Waals surface area contributed by atoms with Gasteiger partial charge in [-0.3, -0.25) is 14.9 Å². The first kappa shape index (κ1) is 19.5. The number of amides is 1. The number of hydrogen-bond acceptors (Lipinski definition) is 4. The number of nitro groups is 1. The Bertz CT molecular complexity index is 761. The lowest BCUT2D eigenvalue weighted by molar-refractivity contribution is -0.384. The van der Waals surface area contributed by atoms with Gasteiger partial charge < -0.3 is 10.2 Å². The summed E-state index contributed by atoms with van der Waals surface area (Å²) in [4.78, 5) is 24.1. The average Bonchev–Trinajstić information content (AvgIpc) is 2.62. The number of hydrogen-bond donors (Lipinski definition) is 1. The number of nitrogens with one attached hydrogen (secondary N) is 1. The zero-order valence-corrected chi connectivity index (χ0v) is 15.0. The quantitative estimate of drug-likeness (QED) is 0.604. The number of benzene rings is 2. The minimum atomic E-state index is -0.483. The highest BCUT2D eigenvalue weighted by Gasteiger charge is 2.19. The van der Waals surface area contributed by atoms with E-state index in [0.29, 0.717) is 5.69 Å². The second-order valence-corrected chi connectivity index (χ2v) is 6.38. The van der Waals surface area contributed by atoms with Crippen LogP contribution in [0.1, 0.15) is 25.5 Å². The molecule has 0 aliphatic heterocycles. The Balaban J connectivity index is 2.02. The average molecular weight is 359 g/mol. The number of halogens is 1. The van der Waals surface area contributed by atoms with Crippen molar-refractivity contribution in [2.45, 2.75) is 19.9 Å². The minimum Gasteiger partial charge on any atom is -0.314 e. The number of carbonyl (C=O) groups is 1. The Morgan fingerprint density at radius 3 is 2.23 bits per heavy atom. The summed E-state index contributed by atoms with van der Waals surface area (Å²) >= 11 is 0. The van der Waals surface area contributed by atoms with Crippen molar-refractivity contribution in [1.29, 1.82) is 0 Å². The van der Waals surface area contributed by atoms with Crippen LogP contribution in [0, 0.1) is 21.8 Å². The standard InChI is InChI=1S/C19H22FN3O3/c1-13(2)19(14-4-6-15(20)7-5-14)21-12-18(24)22(3)16-8-10-17(11-9-16)23(25)26/h4-11,13,19,21H,12H2,1-3H3. The van der Waals surface area contributed by atoms with Crippen molar-refractivity contribution >= 4 is 17.3 Å². The van der Waals surface area contributed by atoms with Gasteiger partial charge in [0.2, 0.25) is 5.91 Å². The Morgan fingerprint density at radius 2 is 1.73 bits per heavy atom. The summed E-state index contributed by atoms with van der Waals surface area (Å²) < 4.78 is 13.1. The van der Waals surface area contributed by atoms with Crippen LogP contribution in [0.5, 0.6) is 0 Å². The molecule has 0 fully saturated rings. The van der Waals surface area contributed by atoms with Crippen LogP contribution >= 0.6 is 0 Å². The highest BCUT2D eigenvalue weighted by molar-refractivity contribution is 5.94. The molecule has 0 saturated heterocycles. The van der Waals surface area contributed by atoms with Gasteiger partial charge in [0.25, 0.3) is 5.69 Å². The summed E-state index contributed by atoms with van der Waals surface area (Å²) in [5.41, 5.74) is 1.46. The van der Waals surface area contributed by atoms with Crippen LogP contribution in [-0.2, 0) is 4.79 Å². The van der Waals surface area contributed by atoms with E-state index >= 15 is 0 Å². The second-order valence-electron chi connectivity index (χ2n) is 6.38. The summed E-state index contributed by atoms with van der Waals surface area (Å²) in [7, 11) is 1.62. The molecule has 0 radical (unpaired) electrons. The highest BCUT2D eigenvalue weighted by Crippen LogP contribution is 2.22. The van der Waals surface area contributed by atoms with E-state index in [1.54, 1.807) is 19.2 Å². The second kappa shape index (κ2) is 8.53. The van der Waals surface area contributed by atoms with Crippen molar-refractivity contribution < 1.29 is 14.1 Å². The van der Waals surface area contributed by atoms with E-state index in [9.17, 15) is 19.3 Å². The topological polar surface area (TPSA) is 75.5 Å². The maximum Gasteiger partial charge on any atom is 0.269 e. The predicted molar refractivity (Wildman–Crippen MR) is 98.5 cm³/mol. The number of rotatable bonds is 7. The van der Waals surface area contributed by atoms with E-state index in [4.69, 9.17) is 0 Å². The Morgan fingerprint density at radius 1 is 1.15 bits per heavy atom. The van der Waals surface area contributed by atoms with Crippen LogP contribution in [0.2, 0.25) is 0 Å². The van der Waals surface area contributed by atoms with Crippen molar-refractivity contribution in [3.05, 3.63) is 70.0 Å². The van der Waals surface area contributed by atoms with Crippen molar-refractivity contribution in [1.82, 2.24) is 5.32 Å². The van der Waals surface area contributed by atoms with Gasteiger partial charge in [0.05, 0.1) is 11.5 Å². The van der Waals surface area contributed by atoms with Crippen LogP contribution in [0.3, 0.4) is 0 Å². The van der Waals surface area contributed by atoms with Crippen molar-refractivity contribution in [3.63, 3.8) is 0 Å². The molecule has 2 aromatic carbocycles. The molecular weight excluding hydrogens is 337 g/mol. The van der Waals surface area contributed by atoms with Gasteiger partial charge in [-0.1, -0.05) is 26.0 Å². The molecule has 0 aliphatic carbocycles. The number of anilines is 1. The van der Waals surface area contributed by atoms with Gasteiger partial charge in [-0.2, -0.15) is 0 Å². The molecule has 1 atom stereocenters. The smallest absolute Gasteiger partial charge is 0.269 e. The summed E-state index contributed by atoms with van der Waals surface area (Å²) in [5, 5.41) is 13.9. The minimum absolute atomic E-state index is 0.0242. The fourth-order valence-corrected chi connectivity index (χ4v) is 2.67. The molecule has 2 aromatic rings. The molecule has 138 valence electrons. The lowest BCUT2D eigenvalue weighted by atomic mass is 9.96. The molecule has 1 amide bonds. The molecule has 0 bridgehead atoms. The first-order chi connectivity index (χ1) is 12.3. The summed E-state index contributed by atoms with van der Waals surface area (Å²) in [6.45, 7) is 4.13. The van der Waals surface area contributed by atoms with E-state index in [0.717, 1.165) is 5.56 Å². The predicted octanol–water partition coefficient (Wildman–Crippen LogP) is 3.68. The molecule has 0 saturated carbocycles. The van der Waals surface area contributed by atoms with Gasteiger partial charge in [0, 0.05) is 30.9 Å². The van der Waals surface area contributed by atoms with Gasteiger partial charge in [-0.15, -0.1) is 0 Å². The molecule has 0 aromatic heterocycles. The Kier molecular flexibility index (Phi) is 6.41. The number of carbonyl (C=O) groups excluding carboxylic acids is 1. The number of non-ortho nitro benzene ring substituents is 1. The molecule has 2 rings (SSSR count). The van der Waals surface area contributed by atoms with Crippen molar-refractivity contribution in [2.75, 3.05) is 18.5 Å². The molecular formula is C19H22FN3O3. The van der Waals surface area contributed by atoms with Gasteiger partial charge in [0.15, 0.2) is 0 Å². The van der Waals surface area contributed by atoms with Crippen LogP contribution in [-0.4, -0.2) is 24.4 Å². The van der Waals surface area contributed by atoms with E-state index in [1.165, 1.54) is 41.3 Å². The normalized spacial score (nSPS) is 12.0. The Labute approximate surface area is 151 Å². The third-order valence-electron chi connectivity index (χ3n) is 4.19. The SMILES string of the molecule is CC(C)C(NCC(=O)N(C)c1ccc([N+](=O)[O-])cc1)c1ccc(F)cc1. The van der Waals surface area contributed by atoms with Crippen LogP contribution in [0.15, 0.2) is 48.5 Å². The van der Waals surface area contributed by atoms with E-state index in [2.05, 4.69) is 5.32 Å². The zero-order valence-electron chi connectivity index (χ0n) is 15.0. The molecule has 0 aliphatic rings. The van der Waals surface area contributed by atoms with Gasteiger partial charge in [0.1, 0.15) is 5.82 Å². The molecule has 26 heavy (non-hydrogen) atoms. The van der Waals surface area contributed by atoms with E-state index in [-0.39, 0.29) is 35.9 Å². The van der Waals surface area contributed by atoms with Crippen LogP contribution in [0.4, 0.5) is 15.8 Å². The zero-order chi connectivity index (χ0) is 19.3. The van der Waals surface area contributed by atoms with Gasteiger partial charge in [-0.05, 0) is 35.7 Å². The van der Waals surface area contributed by atoms with Crippen LogP contribution < -0.4 is 10.2 Å². The molecule has 7 heteroatoms. The van der Waals surface area contributed by atoms with Gasteiger partial charge in [-0.25, -0.2) is 4.39 Å². The van der Waals surface area contributed by atoms with E-state index in [1.807, 2.05) is 13.8 Å². The lowest BCUT2D eigenvalue weighted by Crippen LogP contribution is -2.38. The van der Waals surface area contributed by atoms with Crippen molar-refractivity contribution in [2.24, 2.45) is 5.92 Å². The monoisotopic (exact) mass is 359 g/mol. The van der Waals surface area contributed by atoms with E-state index < -0.39 is 4.92 Å². The first-order valence-electron chi connectivity index (χ1n) is 8.29. The highest BCUT2D eigenvalue weighted by atomic mass is 19.1. The molecule has 0 heterocycles.